The smallest absolute Gasteiger partial charge is 0.327 e. The number of carboxylic acid groups (broad SMARTS) is 1. The van der Waals surface area contributed by atoms with Gasteiger partial charge in [0, 0.05) is 24.6 Å². The molecular formula is C21H17Cl2N3O4. The van der Waals surface area contributed by atoms with Crippen molar-refractivity contribution >= 4 is 40.8 Å². The van der Waals surface area contributed by atoms with Crippen LogP contribution in [0.3, 0.4) is 0 Å². The molecule has 1 amide bonds. The van der Waals surface area contributed by atoms with Gasteiger partial charge in [-0.1, -0.05) is 65.7 Å². The monoisotopic (exact) mass is 445 g/mol. The lowest BCUT2D eigenvalue weighted by Gasteiger charge is -2.21. The van der Waals surface area contributed by atoms with Crippen LogP contribution in [0.15, 0.2) is 59.4 Å². The summed E-state index contributed by atoms with van der Waals surface area (Å²) in [6.45, 7) is 1.36. The summed E-state index contributed by atoms with van der Waals surface area (Å²) in [6.07, 6.45) is 0.0329. The Labute approximate surface area is 181 Å². The van der Waals surface area contributed by atoms with Crippen molar-refractivity contribution in [1.29, 1.82) is 0 Å². The van der Waals surface area contributed by atoms with E-state index < -0.39 is 22.7 Å². The van der Waals surface area contributed by atoms with Crippen LogP contribution in [0.1, 0.15) is 18.5 Å². The number of rotatable bonds is 6. The first-order valence-corrected chi connectivity index (χ1v) is 9.66. The number of nitrogens with zero attached hydrogens (tertiary/aromatic N) is 2. The molecule has 1 atom stereocenters. The average Bonchev–Trinajstić information content (AvgIpc) is 2.69. The minimum atomic E-state index is -1.28. The van der Waals surface area contributed by atoms with Crippen LogP contribution in [0.5, 0.6) is 0 Å². The fourth-order valence-electron chi connectivity index (χ4n) is 3.12. The third kappa shape index (κ3) is 4.69. The van der Waals surface area contributed by atoms with Gasteiger partial charge in [0.2, 0.25) is 5.91 Å². The molecule has 0 fully saturated rings. The van der Waals surface area contributed by atoms with Crippen LogP contribution >= 0.6 is 23.2 Å². The maximum Gasteiger partial charge on any atom is 0.327 e. The molecule has 2 aromatic carbocycles. The van der Waals surface area contributed by atoms with E-state index in [0.29, 0.717) is 11.3 Å². The molecule has 0 bridgehead atoms. The number of nitrogens with one attached hydrogen (secondary N) is 1. The molecule has 9 heteroatoms. The normalized spacial score (nSPS) is 11.7. The maximum atomic E-state index is 12.9. The molecule has 0 aliphatic carbocycles. The predicted octanol–water partition coefficient (Wildman–Crippen LogP) is 4.04. The summed E-state index contributed by atoms with van der Waals surface area (Å²) in [5, 5.41) is 12.0. The maximum absolute atomic E-state index is 12.9. The Bertz CT molecular complexity index is 1160. The van der Waals surface area contributed by atoms with Gasteiger partial charge in [-0.2, -0.15) is 0 Å². The molecule has 2 N–H and O–H groups in total. The van der Waals surface area contributed by atoms with Gasteiger partial charge >= 0.3 is 5.97 Å². The molecule has 0 saturated heterocycles. The fraction of sp³-hybridized carbons (Fsp3) is 0.143. The van der Waals surface area contributed by atoms with E-state index in [2.05, 4.69) is 10.3 Å². The lowest BCUT2D eigenvalue weighted by Crippen LogP contribution is -2.33. The van der Waals surface area contributed by atoms with Gasteiger partial charge < -0.3 is 10.4 Å². The highest BCUT2D eigenvalue weighted by Gasteiger charge is 2.28. The highest BCUT2D eigenvalue weighted by molar-refractivity contribution is 6.34. The van der Waals surface area contributed by atoms with Crippen LogP contribution in [0.4, 0.5) is 5.69 Å². The van der Waals surface area contributed by atoms with Crippen molar-refractivity contribution in [3.8, 4) is 11.3 Å². The topological polar surface area (TPSA) is 101 Å². The molecular weight excluding hydrogens is 429 g/mol. The van der Waals surface area contributed by atoms with Crippen molar-refractivity contribution in [2.24, 2.45) is 0 Å². The third-order valence-electron chi connectivity index (χ3n) is 4.35. The number of anilines is 1. The minimum Gasteiger partial charge on any atom is -0.480 e. The zero-order chi connectivity index (χ0) is 21.8. The Kier molecular flexibility index (Phi) is 6.54. The van der Waals surface area contributed by atoms with E-state index in [1.54, 1.807) is 48.5 Å². The molecule has 1 aromatic heterocycles. The number of aromatic nitrogens is 2. The number of benzene rings is 2. The number of carbonyl (C=O) groups is 2. The lowest BCUT2D eigenvalue weighted by atomic mass is 10.0. The zero-order valence-corrected chi connectivity index (χ0v) is 17.3. The van der Waals surface area contributed by atoms with E-state index in [1.165, 1.54) is 6.92 Å². The second-order valence-corrected chi connectivity index (χ2v) is 7.24. The van der Waals surface area contributed by atoms with E-state index in [9.17, 15) is 19.5 Å². The molecule has 7 nitrogen and oxygen atoms in total. The van der Waals surface area contributed by atoms with Crippen LogP contribution < -0.4 is 10.9 Å². The molecule has 154 valence electrons. The molecule has 1 heterocycles. The molecule has 1 unspecified atom stereocenters. The molecule has 0 saturated carbocycles. The molecule has 0 aliphatic rings. The molecule has 3 aromatic rings. The Morgan fingerprint density at radius 2 is 1.80 bits per heavy atom. The highest BCUT2D eigenvalue weighted by Crippen LogP contribution is 2.31. The lowest BCUT2D eigenvalue weighted by molar-refractivity contribution is -0.141. The standard InChI is InChI=1S/C21H17Cl2N3O4/c1-12(27)24-15-9-5-8-14(11-15)17-18(22)25-19(23)20(28)26(17)16(21(29)30)10-13-6-3-2-4-7-13/h2-9,11,16H,10H2,1H3,(H,24,27)(H,29,30). The average molecular weight is 446 g/mol. The van der Waals surface area contributed by atoms with Gasteiger partial charge in [-0.15, -0.1) is 0 Å². The van der Waals surface area contributed by atoms with Crippen molar-refractivity contribution in [2.45, 2.75) is 19.4 Å². The molecule has 3 rings (SSSR count). The first-order valence-electron chi connectivity index (χ1n) is 8.90. The van der Waals surface area contributed by atoms with Crippen molar-refractivity contribution in [3.63, 3.8) is 0 Å². The molecule has 0 radical (unpaired) electrons. The van der Waals surface area contributed by atoms with Crippen LogP contribution in [0, 0.1) is 0 Å². The van der Waals surface area contributed by atoms with E-state index >= 15 is 0 Å². The minimum absolute atomic E-state index is 0.0329. The van der Waals surface area contributed by atoms with Crippen molar-refractivity contribution in [2.75, 3.05) is 5.32 Å². The summed E-state index contributed by atoms with van der Waals surface area (Å²) >= 11 is 12.3. The highest BCUT2D eigenvalue weighted by atomic mass is 35.5. The number of carboxylic acids is 1. The SMILES string of the molecule is CC(=O)Nc1cccc(-c2c(Cl)nc(Cl)c(=O)n2C(Cc2ccccc2)C(=O)O)c1. The molecule has 30 heavy (non-hydrogen) atoms. The summed E-state index contributed by atoms with van der Waals surface area (Å²) < 4.78 is 1.04. The number of aliphatic carboxylic acids is 1. The Morgan fingerprint density at radius 1 is 1.10 bits per heavy atom. The summed E-state index contributed by atoms with van der Waals surface area (Å²) in [4.78, 5) is 40.3. The van der Waals surface area contributed by atoms with Gasteiger partial charge in [0.05, 0.1) is 5.69 Å². The van der Waals surface area contributed by atoms with Gasteiger partial charge in [-0.25, -0.2) is 9.78 Å². The van der Waals surface area contributed by atoms with Crippen molar-refractivity contribution in [3.05, 3.63) is 80.8 Å². The van der Waals surface area contributed by atoms with E-state index in [-0.39, 0.29) is 23.2 Å². The Hall–Kier alpha value is -3.16. The van der Waals surface area contributed by atoms with Crippen molar-refractivity contribution < 1.29 is 14.7 Å². The van der Waals surface area contributed by atoms with Crippen LogP contribution in [0.25, 0.3) is 11.3 Å². The van der Waals surface area contributed by atoms with Gasteiger partial charge in [0.25, 0.3) is 5.56 Å². The number of halogens is 2. The number of hydrogen-bond donors (Lipinski definition) is 2. The van der Waals surface area contributed by atoms with E-state index in [0.717, 1.165) is 10.1 Å². The van der Waals surface area contributed by atoms with Gasteiger partial charge in [-0.05, 0) is 17.7 Å². The van der Waals surface area contributed by atoms with Gasteiger partial charge in [0.1, 0.15) is 6.04 Å². The van der Waals surface area contributed by atoms with E-state index in [4.69, 9.17) is 23.2 Å². The quantitative estimate of drug-likeness (QED) is 0.595. The van der Waals surface area contributed by atoms with Gasteiger partial charge in [0.15, 0.2) is 10.3 Å². The summed E-state index contributed by atoms with van der Waals surface area (Å²) in [7, 11) is 0. The molecule has 0 aliphatic heterocycles. The second-order valence-electron chi connectivity index (χ2n) is 6.52. The van der Waals surface area contributed by atoms with Crippen LogP contribution in [-0.2, 0) is 16.0 Å². The van der Waals surface area contributed by atoms with Gasteiger partial charge in [-0.3, -0.25) is 14.2 Å². The summed E-state index contributed by atoms with van der Waals surface area (Å²) in [6, 6.07) is 14.1. The van der Waals surface area contributed by atoms with E-state index in [1.807, 2.05) is 6.07 Å². The first-order chi connectivity index (χ1) is 14.3. The first kappa shape index (κ1) is 21.5. The zero-order valence-electron chi connectivity index (χ0n) is 15.8. The summed E-state index contributed by atoms with van der Waals surface area (Å²) in [5.41, 5.74) is 0.913. The Morgan fingerprint density at radius 3 is 2.43 bits per heavy atom. The predicted molar refractivity (Wildman–Crippen MR) is 115 cm³/mol. The number of hydrogen-bond acceptors (Lipinski definition) is 4. The number of amides is 1. The fourth-order valence-corrected chi connectivity index (χ4v) is 3.62. The van der Waals surface area contributed by atoms with Crippen LogP contribution in [-0.4, -0.2) is 26.5 Å². The molecule has 0 spiro atoms. The second kappa shape index (κ2) is 9.11. The van der Waals surface area contributed by atoms with Crippen LogP contribution in [0.2, 0.25) is 10.3 Å². The largest absolute Gasteiger partial charge is 0.480 e. The number of carbonyl (C=O) groups excluding carboxylic acids is 1. The Balaban J connectivity index is 2.22. The summed E-state index contributed by atoms with van der Waals surface area (Å²) in [5.74, 6) is -1.50. The third-order valence-corrected chi connectivity index (χ3v) is 4.86. The van der Waals surface area contributed by atoms with Crippen molar-refractivity contribution in [1.82, 2.24) is 9.55 Å².